The highest BCUT2D eigenvalue weighted by Crippen LogP contribution is 2.36. The van der Waals surface area contributed by atoms with Crippen molar-refractivity contribution in [2.45, 2.75) is 12.8 Å². The van der Waals surface area contributed by atoms with Crippen molar-refractivity contribution in [3.63, 3.8) is 0 Å². The van der Waals surface area contributed by atoms with Crippen LogP contribution in [0, 0.1) is 10.1 Å². The molecule has 4 rings (SSSR count). The highest BCUT2D eigenvalue weighted by Gasteiger charge is 2.34. The molecule has 12 heteroatoms. The minimum Gasteiger partial charge on any atom is -0.487 e. The Morgan fingerprint density at radius 1 is 1.15 bits per heavy atom. The molecule has 3 aromatic rings. The number of alkyl halides is 3. The molecule has 0 N–H and O–H groups in total. The molecule has 0 saturated carbocycles. The average molecular weight is 492 g/mol. The summed E-state index contributed by atoms with van der Waals surface area (Å²) in [7, 11) is 0. The van der Waals surface area contributed by atoms with Crippen LogP contribution in [0.25, 0.3) is 0 Å². The number of anilines is 1. The molecule has 2 heterocycles. The first kappa shape index (κ1) is 23.5. The summed E-state index contributed by atoms with van der Waals surface area (Å²) >= 11 is 1.46. The second kappa shape index (κ2) is 9.67. The molecule has 1 fully saturated rings. The number of carbonyl (C=O) groups is 1. The highest BCUT2D eigenvalue weighted by molar-refractivity contribution is 7.07. The molecular weight excluding hydrogens is 473 g/mol. The maximum absolute atomic E-state index is 13.0. The van der Waals surface area contributed by atoms with Gasteiger partial charge in [0.15, 0.2) is 0 Å². The minimum absolute atomic E-state index is 0.0996. The van der Waals surface area contributed by atoms with Crippen molar-refractivity contribution < 1.29 is 27.6 Å². The molecule has 1 aliphatic rings. The molecule has 0 atom stereocenters. The van der Waals surface area contributed by atoms with Crippen LogP contribution in [-0.4, -0.2) is 46.9 Å². The van der Waals surface area contributed by atoms with Gasteiger partial charge < -0.3 is 14.5 Å². The van der Waals surface area contributed by atoms with Crippen molar-refractivity contribution in [3.8, 4) is 5.75 Å². The fraction of sp³-hybridized carbons (Fsp3) is 0.273. The smallest absolute Gasteiger partial charge is 0.416 e. The first-order chi connectivity index (χ1) is 16.2. The Labute approximate surface area is 196 Å². The van der Waals surface area contributed by atoms with E-state index in [1.807, 2.05) is 5.38 Å². The summed E-state index contributed by atoms with van der Waals surface area (Å²) in [5.74, 6) is 0.304. The van der Waals surface area contributed by atoms with Gasteiger partial charge in [-0.1, -0.05) is 6.07 Å². The largest absolute Gasteiger partial charge is 0.487 e. The van der Waals surface area contributed by atoms with Crippen LogP contribution in [0.4, 0.5) is 24.5 Å². The van der Waals surface area contributed by atoms with Crippen molar-refractivity contribution in [1.82, 2.24) is 9.88 Å². The molecule has 1 amide bonds. The summed E-state index contributed by atoms with van der Waals surface area (Å²) in [4.78, 5) is 30.9. The molecule has 34 heavy (non-hydrogen) atoms. The molecular formula is C22H19F3N4O4S. The molecule has 0 radical (unpaired) electrons. The summed E-state index contributed by atoms with van der Waals surface area (Å²) < 4.78 is 44.6. The highest BCUT2D eigenvalue weighted by atomic mass is 32.1. The van der Waals surface area contributed by atoms with E-state index in [-0.39, 0.29) is 44.4 Å². The Balaban J connectivity index is 1.41. The predicted molar refractivity (Wildman–Crippen MR) is 119 cm³/mol. The first-order valence-corrected chi connectivity index (χ1v) is 11.2. The van der Waals surface area contributed by atoms with Crippen LogP contribution in [0.5, 0.6) is 5.75 Å². The van der Waals surface area contributed by atoms with Gasteiger partial charge in [-0.25, -0.2) is 4.98 Å². The molecule has 1 aliphatic heterocycles. The number of nitro groups is 1. The van der Waals surface area contributed by atoms with Gasteiger partial charge in [0.2, 0.25) is 0 Å². The number of halogens is 3. The lowest BCUT2D eigenvalue weighted by molar-refractivity contribution is -0.384. The zero-order chi connectivity index (χ0) is 24.3. The molecule has 0 spiro atoms. The number of thiazole rings is 1. The number of nitrogens with zero attached hydrogens (tertiary/aromatic N) is 4. The van der Waals surface area contributed by atoms with Crippen LogP contribution in [0.2, 0.25) is 0 Å². The zero-order valence-corrected chi connectivity index (χ0v) is 18.5. The van der Waals surface area contributed by atoms with Crippen LogP contribution in [0.15, 0.2) is 53.4 Å². The second-order valence-electron chi connectivity index (χ2n) is 7.53. The Morgan fingerprint density at radius 2 is 1.91 bits per heavy atom. The van der Waals surface area contributed by atoms with E-state index in [2.05, 4.69) is 4.98 Å². The van der Waals surface area contributed by atoms with Crippen LogP contribution < -0.4 is 9.64 Å². The third-order valence-corrected chi connectivity index (χ3v) is 5.99. The number of benzene rings is 2. The number of carbonyl (C=O) groups excluding carboxylic acids is 1. The van der Waals surface area contributed by atoms with Gasteiger partial charge in [-0.3, -0.25) is 14.9 Å². The van der Waals surface area contributed by atoms with E-state index in [4.69, 9.17) is 4.74 Å². The normalized spacial score (nSPS) is 14.2. The lowest BCUT2D eigenvalue weighted by Crippen LogP contribution is -2.49. The van der Waals surface area contributed by atoms with Gasteiger partial charge >= 0.3 is 6.18 Å². The standard InChI is InChI=1S/C22H19F3N4O4S/c23-22(24,25)16-4-5-19(20(11-16)29(31)32)27-6-8-28(9-7-27)21(30)15-2-1-3-18(10-15)33-12-17-13-34-14-26-17/h1-5,10-11,13-14H,6-9,12H2. The maximum atomic E-state index is 13.0. The fourth-order valence-electron chi connectivity index (χ4n) is 3.63. The third kappa shape index (κ3) is 5.28. The van der Waals surface area contributed by atoms with E-state index in [0.29, 0.717) is 17.4 Å². The summed E-state index contributed by atoms with van der Waals surface area (Å²) in [6, 6.07) is 9.26. The van der Waals surface area contributed by atoms with Crippen molar-refractivity contribution in [2.24, 2.45) is 0 Å². The van der Waals surface area contributed by atoms with Gasteiger partial charge in [0.25, 0.3) is 11.6 Å². The molecule has 2 aromatic carbocycles. The quantitative estimate of drug-likeness (QED) is 0.369. The zero-order valence-electron chi connectivity index (χ0n) is 17.7. The van der Waals surface area contributed by atoms with Crippen LogP contribution >= 0.6 is 11.3 Å². The van der Waals surface area contributed by atoms with E-state index in [1.165, 1.54) is 11.3 Å². The Bertz CT molecular complexity index is 1180. The van der Waals surface area contributed by atoms with Crippen LogP contribution in [-0.2, 0) is 12.8 Å². The predicted octanol–water partition coefficient (Wildman–Crippen LogP) is 4.61. The Morgan fingerprint density at radius 3 is 2.56 bits per heavy atom. The van der Waals surface area contributed by atoms with Crippen molar-refractivity contribution in [1.29, 1.82) is 0 Å². The van der Waals surface area contributed by atoms with Crippen molar-refractivity contribution in [2.75, 3.05) is 31.1 Å². The number of piperazine rings is 1. The summed E-state index contributed by atoms with van der Waals surface area (Å²) in [5, 5.41) is 13.3. The monoisotopic (exact) mass is 492 g/mol. The number of rotatable bonds is 6. The number of hydrogen-bond acceptors (Lipinski definition) is 7. The maximum Gasteiger partial charge on any atom is 0.416 e. The number of amides is 1. The average Bonchev–Trinajstić information content (AvgIpc) is 3.35. The summed E-state index contributed by atoms with van der Waals surface area (Å²) in [6.45, 7) is 1.31. The van der Waals surface area contributed by atoms with Crippen molar-refractivity contribution >= 4 is 28.6 Å². The van der Waals surface area contributed by atoms with Gasteiger partial charge in [-0.15, -0.1) is 11.3 Å². The van der Waals surface area contributed by atoms with Crippen LogP contribution in [0.3, 0.4) is 0 Å². The number of nitro benzene ring substituents is 1. The number of aromatic nitrogens is 1. The van der Waals surface area contributed by atoms with Gasteiger partial charge in [-0.2, -0.15) is 13.2 Å². The minimum atomic E-state index is -4.67. The van der Waals surface area contributed by atoms with Crippen LogP contribution in [0.1, 0.15) is 21.6 Å². The van der Waals surface area contributed by atoms with Gasteiger partial charge in [-0.05, 0) is 30.3 Å². The van der Waals surface area contributed by atoms with E-state index in [0.717, 1.165) is 17.8 Å². The topological polar surface area (TPSA) is 88.8 Å². The molecule has 0 unspecified atom stereocenters. The second-order valence-corrected chi connectivity index (χ2v) is 8.25. The van der Waals surface area contributed by atoms with Gasteiger partial charge in [0, 0.05) is 43.2 Å². The number of ether oxygens (including phenoxy) is 1. The summed E-state index contributed by atoms with van der Waals surface area (Å²) in [5.41, 5.74) is 1.34. The lowest BCUT2D eigenvalue weighted by atomic mass is 10.1. The molecule has 1 aromatic heterocycles. The molecule has 1 saturated heterocycles. The molecule has 8 nitrogen and oxygen atoms in total. The lowest BCUT2D eigenvalue weighted by Gasteiger charge is -2.36. The molecule has 0 aliphatic carbocycles. The van der Waals surface area contributed by atoms with Crippen molar-refractivity contribution in [3.05, 3.63) is 80.3 Å². The van der Waals surface area contributed by atoms with E-state index < -0.39 is 22.4 Å². The third-order valence-electron chi connectivity index (χ3n) is 5.36. The Kier molecular flexibility index (Phi) is 6.68. The molecule has 178 valence electrons. The number of hydrogen-bond donors (Lipinski definition) is 0. The fourth-order valence-corrected chi connectivity index (χ4v) is 4.17. The van der Waals surface area contributed by atoms with Gasteiger partial charge in [0.1, 0.15) is 18.0 Å². The van der Waals surface area contributed by atoms with E-state index >= 15 is 0 Å². The Hall–Kier alpha value is -3.67. The molecule has 0 bridgehead atoms. The van der Waals surface area contributed by atoms with E-state index in [9.17, 15) is 28.1 Å². The first-order valence-electron chi connectivity index (χ1n) is 10.2. The van der Waals surface area contributed by atoms with E-state index in [1.54, 1.807) is 39.6 Å². The van der Waals surface area contributed by atoms with Gasteiger partial charge in [0.05, 0.1) is 21.7 Å². The summed E-state index contributed by atoms with van der Waals surface area (Å²) in [6.07, 6.45) is -4.67. The SMILES string of the molecule is O=C(c1cccc(OCc2cscn2)c1)N1CCN(c2ccc(C(F)(F)F)cc2[N+](=O)[O-])CC1.